The van der Waals surface area contributed by atoms with Crippen LogP contribution in [0.5, 0.6) is 0 Å². The highest BCUT2D eigenvalue weighted by Crippen LogP contribution is 2.35. The maximum atomic E-state index is 12.3. The second kappa shape index (κ2) is 7.70. The molecule has 5 heteroatoms. The molecule has 1 aliphatic rings. The summed E-state index contributed by atoms with van der Waals surface area (Å²) in [5.74, 6) is -0.852. The molecule has 0 aromatic heterocycles. The predicted octanol–water partition coefficient (Wildman–Crippen LogP) is 3.05. The van der Waals surface area contributed by atoms with Crippen molar-refractivity contribution < 1.29 is 14.7 Å². The van der Waals surface area contributed by atoms with E-state index in [4.69, 9.17) is 0 Å². The zero-order chi connectivity index (χ0) is 18.6. The van der Waals surface area contributed by atoms with Crippen molar-refractivity contribution in [2.45, 2.75) is 25.2 Å². The molecule has 0 saturated carbocycles. The highest BCUT2D eigenvalue weighted by Gasteiger charge is 2.43. The van der Waals surface area contributed by atoms with Crippen LogP contribution in [0.15, 0.2) is 54.6 Å². The van der Waals surface area contributed by atoms with E-state index in [2.05, 4.69) is 5.32 Å². The molecule has 0 unspecified atom stereocenters. The first-order valence-corrected chi connectivity index (χ1v) is 8.88. The Morgan fingerprint density at radius 1 is 1.04 bits per heavy atom. The van der Waals surface area contributed by atoms with Gasteiger partial charge in [-0.1, -0.05) is 48.5 Å². The number of amides is 1. The molecular formula is C21H24N2O3. The normalized spacial score (nSPS) is 16.8. The number of hydrogen-bond donors (Lipinski definition) is 2. The molecule has 0 atom stereocenters. The SMILES string of the molecule is Cc1ccccc1NC(=O)CN1CCC(C(=O)O)(c2ccccc2)CC1. The Bertz CT molecular complexity index is 781. The van der Waals surface area contributed by atoms with Gasteiger partial charge in [-0.2, -0.15) is 0 Å². The monoisotopic (exact) mass is 352 g/mol. The van der Waals surface area contributed by atoms with Crippen molar-refractivity contribution in [3.05, 3.63) is 65.7 Å². The molecule has 136 valence electrons. The number of nitrogens with zero attached hydrogens (tertiary/aromatic N) is 1. The molecule has 0 aliphatic carbocycles. The fraction of sp³-hybridized carbons (Fsp3) is 0.333. The Kier molecular flexibility index (Phi) is 5.38. The van der Waals surface area contributed by atoms with Crippen LogP contribution < -0.4 is 5.32 Å². The van der Waals surface area contributed by atoms with E-state index in [-0.39, 0.29) is 12.5 Å². The third kappa shape index (κ3) is 3.78. The molecule has 5 nitrogen and oxygen atoms in total. The molecule has 3 rings (SSSR count). The molecule has 1 fully saturated rings. The summed E-state index contributed by atoms with van der Waals surface area (Å²) in [4.78, 5) is 26.3. The second-order valence-corrected chi connectivity index (χ2v) is 6.89. The van der Waals surface area contributed by atoms with E-state index in [1.165, 1.54) is 0 Å². The highest BCUT2D eigenvalue weighted by atomic mass is 16.4. The van der Waals surface area contributed by atoms with Crippen molar-refractivity contribution in [2.24, 2.45) is 0 Å². The van der Waals surface area contributed by atoms with E-state index < -0.39 is 11.4 Å². The first-order valence-electron chi connectivity index (χ1n) is 8.88. The van der Waals surface area contributed by atoms with E-state index in [1.54, 1.807) is 0 Å². The summed E-state index contributed by atoms with van der Waals surface area (Å²) < 4.78 is 0. The van der Waals surface area contributed by atoms with Crippen molar-refractivity contribution in [3.63, 3.8) is 0 Å². The van der Waals surface area contributed by atoms with E-state index in [0.29, 0.717) is 25.9 Å². The summed E-state index contributed by atoms with van der Waals surface area (Å²) in [6.45, 7) is 3.40. The predicted molar refractivity (Wildman–Crippen MR) is 101 cm³/mol. The summed E-state index contributed by atoms with van der Waals surface area (Å²) in [6.07, 6.45) is 1.01. The molecule has 1 aliphatic heterocycles. The minimum absolute atomic E-state index is 0.0677. The molecule has 2 aromatic rings. The van der Waals surface area contributed by atoms with Crippen LogP contribution in [0.2, 0.25) is 0 Å². The molecule has 26 heavy (non-hydrogen) atoms. The second-order valence-electron chi connectivity index (χ2n) is 6.89. The van der Waals surface area contributed by atoms with Crippen molar-refractivity contribution in [1.29, 1.82) is 0 Å². The summed E-state index contributed by atoms with van der Waals surface area (Å²) in [7, 11) is 0. The first kappa shape index (κ1) is 18.1. The van der Waals surface area contributed by atoms with Crippen LogP contribution in [0.1, 0.15) is 24.0 Å². The molecule has 1 saturated heterocycles. The maximum absolute atomic E-state index is 12.3. The van der Waals surface area contributed by atoms with Crippen molar-refractivity contribution in [2.75, 3.05) is 25.0 Å². The smallest absolute Gasteiger partial charge is 0.314 e. The van der Waals surface area contributed by atoms with Gasteiger partial charge in [0.2, 0.25) is 5.91 Å². The Hall–Kier alpha value is -2.66. The quantitative estimate of drug-likeness (QED) is 0.868. The summed E-state index contributed by atoms with van der Waals surface area (Å²) >= 11 is 0. The lowest BCUT2D eigenvalue weighted by atomic mass is 9.73. The number of nitrogens with one attached hydrogen (secondary N) is 1. The molecular weight excluding hydrogens is 328 g/mol. The van der Waals surface area contributed by atoms with Gasteiger partial charge in [0.15, 0.2) is 0 Å². The number of rotatable bonds is 5. The van der Waals surface area contributed by atoms with Gasteiger partial charge >= 0.3 is 5.97 Å². The Morgan fingerprint density at radius 2 is 1.65 bits per heavy atom. The van der Waals surface area contributed by atoms with Crippen LogP contribution in [0, 0.1) is 6.92 Å². The van der Waals surface area contributed by atoms with Gasteiger partial charge < -0.3 is 10.4 Å². The lowest BCUT2D eigenvalue weighted by Crippen LogP contribution is -2.49. The third-order valence-corrected chi connectivity index (χ3v) is 5.23. The van der Waals surface area contributed by atoms with Crippen LogP contribution in [0.4, 0.5) is 5.69 Å². The van der Waals surface area contributed by atoms with Crippen molar-refractivity contribution in [3.8, 4) is 0 Å². The summed E-state index contributed by atoms with van der Waals surface area (Å²) in [6, 6.07) is 17.1. The van der Waals surface area contributed by atoms with Gasteiger partial charge in [0.25, 0.3) is 0 Å². The van der Waals surface area contributed by atoms with Gasteiger partial charge in [0.05, 0.1) is 12.0 Å². The number of aryl methyl sites for hydroxylation is 1. The fourth-order valence-corrected chi connectivity index (χ4v) is 3.58. The number of carboxylic acid groups (broad SMARTS) is 1. The van der Waals surface area contributed by atoms with Gasteiger partial charge in [0, 0.05) is 18.8 Å². The van der Waals surface area contributed by atoms with Crippen LogP contribution in [0.3, 0.4) is 0 Å². The van der Waals surface area contributed by atoms with Crippen molar-refractivity contribution >= 4 is 17.6 Å². The zero-order valence-electron chi connectivity index (χ0n) is 14.9. The number of likely N-dealkylation sites (tertiary alicyclic amines) is 1. The minimum atomic E-state index is -0.857. The van der Waals surface area contributed by atoms with Crippen molar-refractivity contribution in [1.82, 2.24) is 4.90 Å². The fourth-order valence-electron chi connectivity index (χ4n) is 3.58. The minimum Gasteiger partial charge on any atom is -0.481 e. The van der Waals surface area contributed by atoms with Gasteiger partial charge in [0.1, 0.15) is 0 Å². The van der Waals surface area contributed by atoms with E-state index in [9.17, 15) is 14.7 Å². The van der Waals surface area contributed by atoms with Gasteiger partial charge in [-0.25, -0.2) is 0 Å². The molecule has 2 aromatic carbocycles. The molecule has 0 radical (unpaired) electrons. The molecule has 1 amide bonds. The van der Waals surface area contributed by atoms with Gasteiger partial charge in [-0.3, -0.25) is 14.5 Å². The number of carbonyl (C=O) groups is 2. The maximum Gasteiger partial charge on any atom is 0.314 e. The summed E-state index contributed by atoms with van der Waals surface area (Å²) in [5.41, 5.74) is 1.83. The van der Waals surface area contributed by atoms with Crippen LogP contribution in [-0.2, 0) is 15.0 Å². The van der Waals surface area contributed by atoms with Gasteiger partial charge in [-0.15, -0.1) is 0 Å². The van der Waals surface area contributed by atoms with Crippen LogP contribution >= 0.6 is 0 Å². The number of carbonyl (C=O) groups excluding carboxylic acids is 1. The van der Waals surface area contributed by atoms with E-state index in [0.717, 1.165) is 16.8 Å². The first-order chi connectivity index (χ1) is 12.5. The average molecular weight is 352 g/mol. The highest BCUT2D eigenvalue weighted by molar-refractivity contribution is 5.93. The largest absolute Gasteiger partial charge is 0.481 e. The Labute approximate surface area is 153 Å². The zero-order valence-corrected chi connectivity index (χ0v) is 14.9. The van der Waals surface area contributed by atoms with E-state index >= 15 is 0 Å². The molecule has 0 spiro atoms. The average Bonchev–Trinajstić information content (AvgIpc) is 2.65. The van der Waals surface area contributed by atoms with Gasteiger partial charge in [-0.05, 0) is 37.0 Å². The third-order valence-electron chi connectivity index (χ3n) is 5.23. The van der Waals surface area contributed by atoms with E-state index in [1.807, 2.05) is 66.4 Å². The van der Waals surface area contributed by atoms with Crippen LogP contribution in [0.25, 0.3) is 0 Å². The molecule has 1 heterocycles. The number of piperidine rings is 1. The number of aliphatic carboxylic acids is 1. The summed E-state index contributed by atoms with van der Waals surface area (Å²) in [5, 5.41) is 12.8. The molecule has 0 bridgehead atoms. The Balaban J connectivity index is 1.62. The number of anilines is 1. The number of hydrogen-bond acceptors (Lipinski definition) is 3. The Morgan fingerprint density at radius 3 is 2.27 bits per heavy atom. The standard InChI is InChI=1S/C21H24N2O3/c1-16-7-5-6-10-18(16)22-19(24)15-23-13-11-21(12-14-23,20(25)26)17-8-3-2-4-9-17/h2-10H,11-15H2,1H3,(H,22,24)(H,25,26). The number of benzene rings is 2. The lowest BCUT2D eigenvalue weighted by Gasteiger charge is -2.39. The molecule has 2 N–H and O–H groups in total. The number of carboxylic acids is 1. The topological polar surface area (TPSA) is 69.6 Å². The lowest BCUT2D eigenvalue weighted by molar-refractivity contribution is -0.146. The van der Waals surface area contributed by atoms with Crippen LogP contribution in [-0.4, -0.2) is 41.5 Å². The number of para-hydroxylation sites is 1.